The average molecular weight is 298 g/mol. The second-order valence-electron chi connectivity index (χ2n) is 4.67. The molecule has 0 unspecified atom stereocenters. The van der Waals surface area contributed by atoms with Gasteiger partial charge in [-0.05, 0) is 31.2 Å². The SMILES string of the molecule is C=C(C)C(=O)OCC(Oc1ccccc1)Oc1ccccc1. The highest BCUT2D eigenvalue weighted by Gasteiger charge is 2.16. The molecule has 0 saturated heterocycles. The lowest BCUT2D eigenvalue weighted by Crippen LogP contribution is -2.31. The fourth-order valence-electron chi connectivity index (χ4n) is 1.66. The molecule has 0 saturated carbocycles. The minimum absolute atomic E-state index is 0.0323. The molecule has 0 amide bonds. The van der Waals surface area contributed by atoms with E-state index in [0.29, 0.717) is 17.1 Å². The summed E-state index contributed by atoms with van der Waals surface area (Å²) in [7, 11) is 0. The Kier molecular flexibility index (Phi) is 5.60. The number of ether oxygens (including phenoxy) is 3. The van der Waals surface area contributed by atoms with Crippen molar-refractivity contribution in [3.8, 4) is 11.5 Å². The smallest absolute Gasteiger partial charge is 0.333 e. The van der Waals surface area contributed by atoms with E-state index < -0.39 is 12.3 Å². The molecule has 0 aromatic heterocycles. The largest absolute Gasteiger partial charge is 0.454 e. The van der Waals surface area contributed by atoms with Crippen molar-refractivity contribution in [3.05, 3.63) is 72.8 Å². The summed E-state index contributed by atoms with van der Waals surface area (Å²) in [6.07, 6.45) is -0.743. The lowest BCUT2D eigenvalue weighted by atomic mass is 10.3. The third-order valence-electron chi connectivity index (χ3n) is 2.72. The molecule has 0 atom stereocenters. The number of esters is 1. The molecule has 4 nitrogen and oxygen atoms in total. The topological polar surface area (TPSA) is 44.8 Å². The van der Waals surface area contributed by atoms with Crippen molar-refractivity contribution >= 4 is 5.97 Å². The zero-order valence-corrected chi connectivity index (χ0v) is 12.4. The van der Waals surface area contributed by atoms with Gasteiger partial charge in [0.1, 0.15) is 11.5 Å². The second-order valence-corrected chi connectivity index (χ2v) is 4.67. The van der Waals surface area contributed by atoms with Gasteiger partial charge in [0.05, 0.1) is 0 Å². The van der Waals surface area contributed by atoms with E-state index in [0.717, 1.165) is 0 Å². The van der Waals surface area contributed by atoms with Crippen molar-refractivity contribution in [1.82, 2.24) is 0 Å². The van der Waals surface area contributed by atoms with E-state index in [2.05, 4.69) is 6.58 Å². The fourth-order valence-corrected chi connectivity index (χ4v) is 1.66. The van der Waals surface area contributed by atoms with Crippen LogP contribution in [0, 0.1) is 0 Å². The highest BCUT2D eigenvalue weighted by Crippen LogP contribution is 2.16. The summed E-state index contributed by atoms with van der Waals surface area (Å²) < 4.78 is 16.6. The molecule has 0 heterocycles. The zero-order chi connectivity index (χ0) is 15.8. The molecule has 22 heavy (non-hydrogen) atoms. The second kappa shape index (κ2) is 7.88. The fraction of sp³-hybridized carbons (Fsp3) is 0.167. The Bertz CT molecular complexity index is 566. The summed E-state index contributed by atoms with van der Waals surface area (Å²) in [6.45, 7) is 5.10. The predicted molar refractivity (Wildman–Crippen MR) is 83.7 cm³/mol. The maximum absolute atomic E-state index is 11.5. The molecule has 2 aromatic carbocycles. The molecule has 0 aliphatic heterocycles. The van der Waals surface area contributed by atoms with Crippen LogP contribution in [0.15, 0.2) is 72.8 Å². The van der Waals surface area contributed by atoms with Gasteiger partial charge < -0.3 is 14.2 Å². The lowest BCUT2D eigenvalue weighted by molar-refractivity contribution is -0.147. The molecular formula is C18H18O4. The van der Waals surface area contributed by atoms with Gasteiger partial charge in [-0.25, -0.2) is 4.79 Å². The zero-order valence-electron chi connectivity index (χ0n) is 12.4. The van der Waals surface area contributed by atoms with E-state index in [4.69, 9.17) is 14.2 Å². The van der Waals surface area contributed by atoms with Crippen LogP contribution >= 0.6 is 0 Å². The first-order valence-corrected chi connectivity index (χ1v) is 6.91. The van der Waals surface area contributed by atoms with Gasteiger partial charge in [0, 0.05) is 5.57 Å². The molecule has 2 aromatic rings. The number of carbonyl (C=O) groups is 1. The van der Waals surface area contributed by atoms with Crippen molar-refractivity contribution in [3.63, 3.8) is 0 Å². The summed E-state index contributed by atoms with van der Waals surface area (Å²) in [5, 5.41) is 0. The normalized spacial score (nSPS) is 10.1. The van der Waals surface area contributed by atoms with Crippen LogP contribution in [0.4, 0.5) is 0 Å². The Balaban J connectivity index is 2.03. The Hall–Kier alpha value is -2.75. The third kappa shape index (κ3) is 4.98. The van der Waals surface area contributed by atoms with Crippen LogP contribution in [0.1, 0.15) is 6.92 Å². The quantitative estimate of drug-likeness (QED) is 0.445. The standard InChI is InChI=1S/C18H18O4/c1-14(2)18(19)20-13-17(21-15-9-5-3-6-10-15)22-16-11-7-4-8-12-16/h3-12,17H,1,13H2,2H3. The summed E-state index contributed by atoms with van der Waals surface area (Å²) in [4.78, 5) is 11.5. The van der Waals surface area contributed by atoms with Gasteiger partial charge in [-0.3, -0.25) is 0 Å². The first-order chi connectivity index (χ1) is 10.6. The van der Waals surface area contributed by atoms with E-state index in [1.165, 1.54) is 0 Å². The van der Waals surface area contributed by atoms with Crippen LogP contribution in [-0.2, 0) is 9.53 Å². The average Bonchev–Trinajstić information content (AvgIpc) is 2.54. The molecule has 0 fully saturated rings. The monoisotopic (exact) mass is 298 g/mol. The summed E-state index contributed by atoms with van der Waals surface area (Å²) in [5.74, 6) is 0.794. The number of carbonyl (C=O) groups excluding carboxylic acids is 1. The third-order valence-corrected chi connectivity index (χ3v) is 2.72. The van der Waals surface area contributed by atoms with Crippen LogP contribution in [-0.4, -0.2) is 18.9 Å². The van der Waals surface area contributed by atoms with Crippen LogP contribution in [0.5, 0.6) is 11.5 Å². The minimum atomic E-state index is -0.743. The number of para-hydroxylation sites is 2. The molecule has 0 radical (unpaired) electrons. The molecule has 2 rings (SSSR count). The Labute approximate surface area is 129 Å². The van der Waals surface area contributed by atoms with Crippen molar-refractivity contribution in [2.45, 2.75) is 13.2 Å². The first-order valence-electron chi connectivity index (χ1n) is 6.91. The predicted octanol–water partition coefficient (Wildman–Crippen LogP) is 3.59. The number of hydrogen-bond acceptors (Lipinski definition) is 4. The van der Waals surface area contributed by atoms with Crippen molar-refractivity contribution in [2.24, 2.45) is 0 Å². The molecular weight excluding hydrogens is 280 g/mol. The maximum atomic E-state index is 11.5. The van der Waals surface area contributed by atoms with Crippen LogP contribution < -0.4 is 9.47 Å². The molecule has 114 valence electrons. The van der Waals surface area contributed by atoms with E-state index in [-0.39, 0.29) is 6.61 Å². The number of rotatable bonds is 7. The van der Waals surface area contributed by atoms with E-state index >= 15 is 0 Å². The van der Waals surface area contributed by atoms with Gasteiger partial charge in [-0.2, -0.15) is 0 Å². The van der Waals surface area contributed by atoms with Gasteiger partial charge in [0.2, 0.25) is 0 Å². The Morgan fingerprint density at radius 1 is 0.955 bits per heavy atom. The van der Waals surface area contributed by atoms with E-state index in [1.807, 2.05) is 60.7 Å². The minimum Gasteiger partial charge on any atom is -0.454 e. The Morgan fingerprint density at radius 2 is 1.41 bits per heavy atom. The van der Waals surface area contributed by atoms with E-state index in [1.54, 1.807) is 6.92 Å². The van der Waals surface area contributed by atoms with Gasteiger partial charge >= 0.3 is 5.97 Å². The molecule has 0 N–H and O–H groups in total. The van der Waals surface area contributed by atoms with Crippen LogP contribution in [0.3, 0.4) is 0 Å². The van der Waals surface area contributed by atoms with Crippen molar-refractivity contribution in [1.29, 1.82) is 0 Å². The molecule has 0 bridgehead atoms. The van der Waals surface area contributed by atoms with E-state index in [9.17, 15) is 4.79 Å². The summed E-state index contributed by atoms with van der Waals surface area (Å²) >= 11 is 0. The maximum Gasteiger partial charge on any atom is 0.333 e. The van der Waals surface area contributed by atoms with Crippen LogP contribution in [0.2, 0.25) is 0 Å². The molecule has 0 aliphatic rings. The number of hydrogen-bond donors (Lipinski definition) is 0. The highest BCUT2D eigenvalue weighted by molar-refractivity contribution is 5.86. The van der Waals surface area contributed by atoms with Gasteiger partial charge in [-0.15, -0.1) is 0 Å². The van der Waals surface area contributed by atoms with Crippen molar-refractivity contribution in [2.75, 3.05) is 6.61 Å². The molecule has 0 aliphatic carbocycles. The van der Waals surface area contributed by atoms with Crippen molar-refractivity contribution < 1.29 is 19.0 Å². The van der Waals surface area contributed by atoms with Gasteiger partial charge in [0.15, 0.2) is 6.61 Å². The summed E-state index contributed by atoms with van der Waals surface area (Å²) in [5.41, 5.74) is 0.332. The van der Waals surface area contributed by atoms with Gasteiger partial charge in [-0.1, -0.05) is 43.0 Å². The first kappa shape index (κ1) is 15.6. The highest BCUT2D eigenvalue weighted by atomic mass is 16.7. The van der Waals surface area contributed by atoms with Gasteiger partial charge in [0.25, 0.3) is 6.29 Å². The lowest BCUT2D eigenvalue weighted by Gasteiger charge is -2.20. The molecule has 4 heteroatoms. The number of benzene rings is 2. The molecule has 0 spiro atoms. The summed E-state index contributed by atoms with van der Waals surface area (Å²) in [6, 6.07) is 18.4. The Morgan fingerprint density at radius 3 is 1.82 bits per heavy atom. The van der Waals surface area contributed by atoms with Crippen LogP contribution in [0.25, 0.3) is 0 Å².